The van der Waals surface area contributed by atoms with Gasteiger partial charge < -0.3 is 0 Å². The molecule has 7 heavy (non-hydrogen) atoms. The van der Waals surface area contributed by atoms with Crippen molar-refractivity contribution in [2.45, 2.75) is 0 Å². The highest BCUT2D eigenvalue weighted by atomic mass is 16.5. The van der Waals surface area contributed by atoms with Crippen molar-refractivity contribution in [3.8, 4) is 0 Å². The summed E-state index contributed by atoms with van der Waals surface area (Å²) in [4.78, 5) is 3.63. The SMILES string of the molecule is ON1C=NC=CC1. The largest absolute Gasteiger partial charge is 0.287 e. The predicted octanol–water partition coefficient (Wildman–Crippen LogP) is 0.233. The fourth-order valence-corrected chi connectivity index (χ4v) is 0.379. The van der Waals surface area contributed by atoms with Crippen molar-refractivity contribution in [1.29, 1.82) is 0 Å². The highest BCUT2D eigenvalue weighted by molar-refractivity contribution is 5.55. The van der Waals surface area contributed by atoms with E-state index < -0.39 is 0 Å². The van der Waals surface area contributed by atoms with Crippen LogP contribution in [0.1, 0.15) is 0 Å². The molecule has 0 radical (unpaired) electrons. The summed E-state index contributed by atoms with van der Waals surface area (Å²) in [7, 11) is 0. The van der Waals surface area contributed by atoms with Crippen molar-refractivity contribution >= 4 is 6.34 Å². The maximum Gasteiger partial charge on any atom is 0.116 e. The van der Waals surface area contributed by atoms with Gasteiger partial charge in [0, 0.05) is 6.20 Å². The number of aliphatic imine (C=N–C) groups is 1. The Morgan fingerprint density at radius 1 is 1.71 bits per heavy atom. The summed E-state index contributed by atoms with van der Waals surface area (Å²) < 4.78 is 0. The van der Waals surface area contributed by atoms with Gasteiger partial charge >= 0.3 is 0 Å². The zero-order valence-electron chi connectivity index (χ0n) is 3.78. The minimum Gasteiger partial charge on any atom is -0.287 e. The van der Waals surface area contributed by atoms with Crippen LogP contribution in [0, 0.1) is 0 Å². The highest BCUT2D eigenvalue weighted by Gasteiger charge is 1.89. The molecule has 1 heterocycles. The van der Waals surface area contributed by atoms with Crippen molar-refractivity contribution in [1.82, 2.24) is 5.06 Å². The normalized spacial score (nSPS) is 18.1. The Kier molecular flexibility index (Phi) is 1.08. The second-order valence-electron chi connectivity index (χ2n) is 1.27. The van der Waals surface area contributed by atoms with E-state index in [1.165, 1.54) is 6.34 Å². The number of hydrogen-bond donors (Lipinski definition) is 1. The maximum absolute atomic E-state index is 8.54. The van der Waals surface area contributed by atoms with Crippen molar-refractivity contribution < 1.29 is 5.21 Å². The predicted molar refractivity (Wildman–Crippen MR) is 26.1 cm³/mol. The van der Waals surface area contributed by atoms with Gasteiger partial charge in [0.05, 0.1) is 6.54 Å². The Morgan fingerprint density at radius 3 is 2.86 bits per heavy atom. The van der Waals surface area contributed by atoms with Crippen LogP contribution in [0.3, 0.4) is 0 Å². The van der Waals surface area contributed by atoms with Crippen LogP contribution in [0.2, 0.25) is 0 Å². The van der Waals surface area contributed by atoms with E-state index in [0.29, 0.717) is 6.54 Å². The van der Waals surface area contributed by atoms with Crippen LogP contribution in [0.5, 0.6) is 0 Å². The molecule has 0 amide bonds. The van der Waals surface area contributed by atoms with Crippen LogP contribution in [0.4, 0.5) is 0 Å². The third-order valence-corrected chi connectivity index (χ3v) is 0.684. The molecule has 3 nitrogen and oxygen atoms in total. The molecule has 0 spiro atoms. The summed E-state index contributed by atoms with van der Waals surface area (Å²) in [6, 6.07) is 0. The average Bonchev–Trinajstić information content (AvgIpc) is 1.69. The first-order chi connectivity index (χ1) is 3.39. The van der Waals surface area contributed by atoms with Gasteiger partial charge in [0.25, 0.3) is 0 Å². The quantitative estimate of drug-likeness (QED) is 0.471. The average molecular weight is 98.1 g/mol. The monoisotopic (exact) mass is 98.0 g/mol. The highest BCUT2D eigenvalue weighted by Crippen LogP contribution is 1.85. The van der Waals surface area contributed by atoms with Gasteiger partial charge in [-0.3, -0.25) is 5.21 Å². The van der Waals surface area contributed by atoms with Crippen molar-refractivity contribution in [3.63, 3.8) is 0 Å². The number of hydrogen-bond acceptors (Lipinski definition) is 3. The van der Waals surface area contributed by atoms with Gasteiger partial charge in [0.1, 0.15) is 6.34 Å². The van der Waals surface area contributed by atoms with Crippen LogP contribution in [-0.2, 0) is 0 Å². The molecule has 0 fully saturated rings. The summed E-state index contributed by atoms with van der Waals surface area (Å²) in [5, 5.41) is 9.56. The third-order valence-electron chi connectivity index (χ3n) is 0.684. The molecule has 0 atom stereocenters. The minimum absolute atomic E-state index is 0.545. The molecule has 3 heteroatoms. The molecule has 38 valence electrons. The molecular formula is C4H6N2O. The van der Waals surface area contributed by atoms with Crippen molar-refractivity contribution in [3.05, 3.63) is 12.3 Å². The zero-order valence-corrected chi connectivity index (χ0v) is 3.78. The van der Waals surface area contributed by atoms with Gasteiger partial charge in [0.15, 0.2) is 0 Å². The van der Waals surface area contributed by atoms with E-state index in [9.17, 15) is 0 Å². The lowest BCUT2D eigenvalue weighted by molar-refractivity contribution is 0.00234. The second kappa shape index (κ2) is 1.75. The molecule has 1 aliphatic heterocycles. The first-order valence-electron chi connectivity index (χ1n) is 2.03. The lowest BCUT2D eigenvalue weighted by atomic mass is 10.6. The molecule has 0 aromatic carbocycles. The summed E-state index contributed by atoms with van der Waals surface area (Å²) in [5.41, 5.74) is 0. The molecule has 0 bridgehead atoms. The Bertz CT molecular complexity index is 108. The van der Waals surface area contributed by atoms with E-state index in [4.69, 9.17) is 5.21 Å². The van der Waals surface area contributed by atoms with Crippen LogP contribution < -0.4 is 0 Å². The molecule has 1 aliphatic rings. The fraction of sp³-hybridized carbons (Fsp3) is 0.250. The molecule has 0 aromatic heterocycles. The smallest absolute Gasteiger partial charge is 0.116 e. The van der Waals surface area contributed by atoms with E-state index in [1.807, 2.05) is 0 Å². The molecule has 0 saturated carbocycles. The van der Waals surface area contributed by atoms with Crippen LogP contribution >= 0.6 is 0 Å². The van der Waals surface area contributed by atoms with E-state index >= 15 is 0 Å². The molecule has 0 unspecified atom stereocenters. The summed E-state index contributed by atoms with van der Waals surface area (Å²) in [6.07, 6.45) is 4.77. The first-order valence-corrected chi connectivity index (χ1v) is 2.03. The van der Waals surface area contributed by atoms with Gasteiger partial charge in [-0.05, 0) is 6.08 Å². The van der Waals surface area contributed by atoms with Gasteiger partial charge in [-0.25, -0.2) is 10.1 Å². The number of rotatable bonds is 0. The van der Waals surface area contributed by atoms with Gasteiger partial charge in [-0.1, -0.05) is 0 Å². The third kappa shape index (κ3) is 1.01. The Hall–Kier alpha value is -0.830. The summed E-state index contributed by atoms with van der Waals surface area (Å²) in [6.45, 7) is 0.545. The standard InChI is InChI=1S/C4H6N2O/c7-6-3-1-2-5-4-6/h1-2,4,7H,3H2. The second-order valence-corrected chi connectivity index (χ2v) is 1.27. The van der Waals surface area contributed by atoms with E-state index in [0.717, 1.165) is 5.06 Å². The molecule has 1 N–H and O–H groups in total. The number of hydroxylamine groups is 2. The van der Waals surface area contributed by atoms with Crippen LogP contribution in [0.25, 0.3) is 0 Å². The molecule has 0 aliphatic carbocycles. The molecular weight excluding hydrogens is 92.1 g/mol. The number of nitrogens with zero attached hydrogens (tertiary/aromatic N) is 2. The Morgan fingerprint density at radius 2 is 2.57 bits per heavy atom. The van der Waals surface area contributed by atoms with Crippen molar-refractivity contribution in [2.24, 2.45) is 4.99 Å². The lowest BCUT2D eigenvalue weighted by Crippen LogP contribution is -2.18. The topological polar surface area (TPSA) is 35.8 Å². The minimum atomic E-state index is 0.545. The summed E-state index contributed by atoms with van der Waals surface area (Å²) in [5.74, 6) is 0. The maximum atomic E-state index is 8.54. The van der Waals surface area contributed by atoms with Crippen LogP contribution in [0.15, 0.2) is 17.3 Å². The Labute approximate surface area is 41.5 Å². The Balaban J connectivity index is 2.49. The van der Waals surface area contributed by atoms with Gasteiger partial charge in [-0.15, -0.1) is 0 Å². The molecule has 0 saturated heterocycles. The molecule has 0 aromatic rings. The van der Waals surface area contributed by atoms with E-state index in [-0.39, 0.29) is 0 Å². The van der Waals surface area contributed by atoms with E-state index in [1.54, 1.807) is 12.3 Å². The summed E-state index contributed by atoms with van der Waals surface area (Å²) >= 11 is 0. The van der Waals surface area contributed by atoms with Gasteiger partial charge in [-0.2, -0.15) is 0 Å². The fourth-order valence-electron chi connectivity index (χ4n) is 0.379. The molecule has 1 rings (SSSR count). The lowest BCUT2D eigenvalue weighted by Gasteiger charge is -2.07. The first kappa shape index (κ1) is 4.33. The van der Waals surface area contributed by atoms with Gasteiger partial charge in [0.2, 0.25) is 0 Å². The van der Waals surface area contributed by atoms with E-state index in [2.05, 4.69) is 4.99 Å². The van der Waals surface area contributed by atoms with Crippen LogP contribution in [-0.4, -0.2) is 23.2 Å². The zero-order chi connectivity index (χ0) is 5.11. The van der Waals surface area contributed by atoms with Crippen molar-refractivity contribution in [2.75, 3.05) is 6.54 Å².